The molecular formula is C12H8Cl2OS. The van der Waals surface area contributed by atoms with Crippen LogP contribution in [0.3, 0.4) is 0 Å². The molecule has 2 aromatic rings. The summed E-state index contributed by atoms with van der Waals surface area (Å²) >= 11 is 13.2. The van der Waals surface area contributed by atoms with Crippen LogP contribution < -0.4 is 0 Å². The highest BCUT2D eigenvalue weighted by Gasteiger charge is 2.10. The maximum Gasteiger partial charge on any atom is 0.177 e. The molecule has 1 aromatic carbocycles. The van der Waals surface area contributed by atoms with E-state index in [0.717, 1.165) is 10.4 Å². The van der Waals surface area contributed by atoms with Gasteiger partial charge in [0, 0.05) is 16.5 Å². The molecule has 0 fully saturated rings. The Morgan fingerprint density at radius 3 is 2.69 bits per heavy atom. The van der Waals surface area contributed by atoms with Crippen molar-refractivity contribution in [1.82, 2.24) is 0 Å². The fourth-order valence-corrected chi connectivity index (χ4v) is 2.50. The molecule has 0 unspecified atom stereocenters. The molecule has 16 heavy (non-hydrogen) atoms. The number of hydrogen-bond acceptors (Lipinski definition) is 2. The number of Topliss-reactive ketones (excluding diaryl/α,β-unsaturated/α-hetero) is 1. The lowest BCUT2D eigenvalue weighted by Gasteiger charge is -2.02. The van der Waals surface area contributed by atoms with Gasteiger partial charge in [0.25, 0.3) is 0 Å². The first-order chi connectivity index (χ1) is 7.66. The Morgan fingerprint density at radius 2 is 2.06 bits per heavy atom. The van der Waals surface area contributed by atoms with Crippen LogP contribution in [0.5, 0.6) is 0 Å². The summed E-state index contributed by atoms with van der Waals surface area (Å²) in [5.41, 5.74) is 0.810. The van der Waals surface area contributed by atoms with Crippen molar-refractivity contribution >= 4 is 40.3 Å². The standard InChI is InChI=1S/C12H8Cl2OS/c13-9-4-3-8(10(14)7-9)6-11(15)12-2-1-5-16-12/h1-5,7H,6H2. The fraction of sp³-hybridized carbons (Fsp3) is 0.0833. The van der Waals surface area contributed by atoms with Gasteiger partial charge in [-0.25, -0.2) is 0 Å². The molecule has 0 aliphatic heterocycles. The summed E-state index contributed by atoms with van der Waals surface area (Å²) in [5.74, 6) is 0.0826. The minimum absolute atomic E-state index is 0.0826. The number of thiophene rings is 1. The molecule has 0 saturated carbocycles. The minimum Gasteiger partial charge on any atom is -0.293 e. The van der Waals surface area contributed by atoms with Gasteiger partial charge in [0.15, 0.2) is 5.78 Å². The molecule has 0 N–H and O–H groups in total. The Morgan fingerprint density at radius 1 is 1.25 bits per heavy atom. The van der Waals surface area contributed by atoms with Gasteiger partial charge in [0.1, 0.15) is 0 Å². The Kier molecular flexibility index (Phi) is 3.64. The van der Waals surface area contributed by atoms with Crippen LogP contribution in [0, 0.1) is 0 Å². The Bertz CT molecular complexity index is 506. The van der Waals surface area contributed by atoms with E-state index < -0.39 is 0 Å². The normalized spacial score (nSPS) is 10.4. The SMILES string of the molecule is O=C(Cc1ccc(Cl)cc1Cl)c1cccs1. The zero-order valence-electron chi connectivity index (χ0n) is 8.24. The number of carbonyl (C=O) groups excluding carboxylic acids is 1. The van der Waals surface area contributed by atoms with Crippen LogP contribution >= 0.6 is 34.5 Å². The summed E-state index contributed by atoms with van der Waals surface area (Å²) in [6.07, 6.45) is 0.316. The zero-order valence-corrected chi connectivity index (χ0v) is 10.6. The van der Waals surface area contributed by atoms with Gasteiger partial charge < -0.3 is 0 Å². The van der Waals surface area contributed by atoms with Crippen LogP contribution in [0.2, 0.25) is 10.0 Å². The molecule has 82 valence electrons. The van der Waals surface area contributed by atoms with E-state index in [-0.39, 0.29) is 5.78 Å². The molecule has 0 bridgehead atoms. The zero-order chi connectivity index (χ0) is 11.5. The number of ketones is 1. The summed E-state index contributed by atoms with van der Waals surface area (Å²) in [7, 11) is 0. The van der Waals surface area contributed by atoms with Crippen LogP contribution in [-0.4, -0.2) is 5.78 Å². The third kappa shape index (κ3) is 2.64. The second kappa shape index (κ2) is 5.00. The Balaban J connectivity index is 2.18. The van der Waals surface area contributed by atoms with Crippen LogP contribution in [-0.2, 0) is 6.42 Å². The average Bonchev–Trinajstić information content (AvgIpc) is 2.75. The van der Waals surface area contributed by atoms with Gasteiger partial charge in [-0.05, 0) is 29.1 Å². The molecule has 0 saturated heterocycles. The maximum atomic E-state index is 11.8. The lowest BCUT2D eigenvalue weighted by molar-refractivity contribution is 0.0997. The van der Waals surface area contributed by atoms with E-state index >= 15 is 0 Å². The first kappa shape index (κ1) is 11.6. The first-order valence-corrected chi connectivity index (χ1v) is 6.31. The van der Waals surface area contributed by atoms with E-state index in [0.29, 0.717) is 16.5 Å². The van der Waals surface area contributed by atoms with E-state index in [1.165, 1.54) is 11.3 Å². The molecule has 2 rings (SSSR count). The lowest BCUT2D eigenvalue weighted by Crippen LogP contribution is -2.01. The van der Waals surface area contributed by atoms with Crippen LogP contribution in [0.15, 0.2) is 35.7 Å². The number of rotatable bonds is 3. The van der Waals surface area contributed by atoms with Gasteiger partial charge >= 0.3 is 0 Å². The molecule has 1 nitrogen and oxygen atoms in total. The number of benzene rings is 1. The highest BCUT2D eigenvalue weighted by Crippen LogP contribution is 2.23. The molecular weight excluding hydrogens is 263 g/mol. The summed E-state index contributed by atoms with van der Waals surface area (Å²) in [6.45, 7) is 0. The van der Waals surface area contributed by atoms with Gasteiger partial charge in [0.2, 0.25) is 0 Å². The van der Waals surface area contributed by atoms with Crippen molar-refractivity contribution in [2.24, 2.45) is 0 Å². The molecule has 1 aromatic heterocycles. The predicted molar refractivity (Wildman–Crippen MR) is 68.8 cm³/mol. The number of carbonyl (C=O) groups is 1. The van der Waals surface area contributed by atoms with Gasteiger partial charge in [-0.15, -0.1) is 11.3 Å². The minimum atomic E-state index is 0.0826. The molecule has 0 radical (unpaired) electrons. The van der Waals surface area contributed by atoms with Gasteiger partial charge in [-0.1, -0.05) is 35.3 Å². The first-order valence-electron chi connectivity index (χ1n) is 4.67. The quantitative estimate of drug-likeness (QED) is 0.752. The summed E-state index contributed by atoms with van der Waals surface area (Å²) in [4.78, 5) is 12.6. The summed E-state index contributed by atoms with van der Waals surface area (Å²) in [5, 5.41) is 3.01. The molecule has 4 heteroatoms. The smallest absolute Gasteiger partial charge is 0.177 e. The maximum absolute atomic E-state index is 11.8. The Labute approximate surface area is 108 Å². The average molecular weight is 271 g/mol. The highest BCUT2D eigenvalue weighted by atomic mass is 35.5. The van der Waals surface area contributed by atoms with Crippen molar-refractivity contribution in [3.63, 3.8) is 0 Å². The molecule has 1 heterocycles. The van der Waals surface area contributed by atoms with Crippen molar-refractivity contribution < 1.29 is 4.79 Å². The molecule has 0 atom stereocenters. The monoisotopic (exact) mass is 270 g/mol. The molecule has 0 amide bonds. The second-order valence-corrected chi connectivity index (χ2v) is 5.10. The third-order valence-corrected chi connectivity index (χ3v) is 3.66. The van der Waals surface area contributed by atoms with E-state index in [1.807, 2.05) is 17.5 Å². The van der Waals surface area contributed by atoms with E-state index in [9.17, 15) is 4.79 Å². The summed E-state index contributed by atoms with van der Waals surface area (Å²) < 4.78 is 0. The van der Waals surface area contributed by atoms with Crippen molar-refractivity contribution in [2.75, 3.05) is 0 Å². The van der Waals surface area contributed by atoms with Crippen LogP contribution in [0.1, 0.15) is 15.2 Å². The molecule has 0 aliphatic rings. The fourth-order valence-electron chi connectivity index (χ4n) is 1.36. The van der Waals surface area contributed by atoms with E-state index in [4.69, 9.17) is 23.2 Å². The van der Waals surface area contributed by atoms with Crippen LogP contribution in [0.4, 0.5) is 0 Å². The van der Waals surface area contributed by atoms with Crippen molar-refractivity contribution in [2.45, 2.75) is 6.42 Å². The lowest BCUT2D eigenvalue weighted by atomic mass is 10.1. The predicted octanol–water partition coefficient (Wildman–Crippen LogP) is 4.48. The van der Waals surface area contributed by atoms with Gasteiger partial charge in [-0.3, -0.25) is 4.79 Å². The highest BCUT2D eigenvalue weighted by molar-refractivity contribution is 7.12. The van der Waals surface area contributed by atoms with E-state index in [1.54, 1.807) is 18.2 Å². The van der Waals surface area contributed by atoms with Crippen LogP contribution in [0.25, 0.3) is 0 Å². The van der Waals surface area contributed by atoms with Crippen molar-refractivity contribution in [3.8, 4) is 0 Å². The number of hydrogen-bond donors (Lipinski definition) is 0. The summed E-state index contributed by atoms with van der Waals surface area (Å²) in [6, 6.07) is 8.86. The number of halogens is 2. The van der Waals surface area contributed by atoms with Gasteiger partial charge in [-0.2, -0.15) is 0 Å². The largest absolute Gasteiger partial charge is 0.293 e. The van der Waals surface area contributed by atoms with Gasteiger partial charge in [0.05, 0.1) is 4.88 Å². The third-order valence-electron chi connectivity index (χ3n) is 2.16. The van der Waals surface area contributed by atoms with Crippen molar-refractivity contribution in [3.05, 3.63) is 56.2 Å². The van der Waals surface area contributed by atoms with Crippen molar-refractivity contribution in [1.29, 1.82) is 0 Å². The second-order valence-electron chi connectivity index (χ2n) is 3.31. The van der Waals surface area contributed by atoms with E-state index in [2.05, 4.69) is 0 Å². The topological polar surface area (TPSA) is 17.1 Å². The molecule has 0 aliphatic carbocycles. The Hall–Kier alpha value is -0.830. The molecule has 0 spiro atoms.